The zero-order valence-electron chi connectivity index (χ0n) is 10.9. The van der Waals surface area contributed by atoms with Crippen LogP contribution >= 0.6 is 0 Å². The molecule has 0 aliphatic heterocycles. The maximum atomic E-state index is 13.3. The SMILES string of the molecule is CCOc1nc(Nc2cc(C)cc(F)c2)ccc1N. The van der Waals surface area contributed by atoms with Gasteiger partial charge in [-0.15, -0.1) is 0 Å². The molecule has 3 N–H and O–H groups in total. The van der Waals surface area contributed by atoms with Crippen molar-refractivity contribution in [3.05, 3.63) is 41.7 Å². The number of hydrogen-bond donors (Lipinski definition) is 2. The van der Waals surface area contributed by atoms with Crippen LogP contribution in [0.2, 0.25) is 0 Å². The lowest BCUT2D eigenvalue weighted by atomic mass is 10.2. The highest BCUT2D eigenvalue weighted by molar-refractivity contribution is 5.61. The van der Waals surface area contributed by atoms with Crippen molar-refractivity contribution in [1.82, 2.24) is 4.98 Å². The molecule has 2 aromatic rings. The van der Waals surface area contributed by atoms with Crippen molar-refractivity contribution in [2.75, 3.05) is 17.7 Å². The summed E-state index contributed by atoms with van der Waals surface area (Å²) in [6, 6.07) is 8.13. The molecule has 1 aromatic carbocycles. The number of hydrogen-bond acceptors (Lipinski definition) is 4. The van der Waals surface area contributed by atoms with Crippen LogP contribution < -0.4 is 15.8 Å². The van der Waals surface area contributed by atoms with Gasteiger partial charge in [0.2, 0.25) is 5.88 Å². The number of benzene rings is 1. The van der Waals surface area contributed by atoms with Gasteiger partial charge in [-0.3, -0.25) is 0 Å². The molecule has 0 bridgehead atoms. The second-order valence-electron chi connectivity index (χ2n) is 4.17. The van der Waals surface area contributed by atoms with Crippen LogP contribution in [0.4, 0.5) is 21.6 Å². The molecule has 0 aliphatic carbocycles. The van der Waals surface area contributed by atoms with Crippen molar-refractivity contribution in [3.8, 4) is 5.88 Å². The van der Waals surface area contributed by atoms with Gasteiger partial charge < -0.3 is 15.8 Å². The van der Waals surface area contributed by atoms with Crippen LogP contribution in [-0.2, 0) is 0 Å². The quantitative estimate of drug-likeness (QED) is 0.886. The van der Waals surface area contributed by atoms with Crippen LogP contribution in [0.15, 0.2) is 30.3 Å². The van der Waals surface area contributed by atoms with Crippen molar-refractivity contribution in [2.45, 2.75) is 13.8 Å². The van der Waals surface area contributed by atoms with E-state index in [9.17, 15) is 4.39 Å². The monoisotopic (exact) mass is 261 g/mol. The molecule has 100 valence electrons. The largest absolute Gasteiger partial charge is 0.476 e. The maximum absolute atomic E-state index is 13.3. The number of anilines is 3. The fourth-order valence-electron chi connectivity index (χ4n) is 1.73. The molecule has 1 aromatic heterocycles. The molecular weight excluding hydrogens is 245 g/mol. The number of pyridine rings is 1. The lowest BCUT2D eigenvalue weighted by Gasteiger charge is -2.10. The highest BCUT2D eigenvalue weighted by Gasteiger charge is 2.05. The predicted molar refractivity (Wildman–Crippen MR) is 74.2 cm³/mol. The third-order valence-electron chi connectivity index (χ3n) is 2.49. The van der Waals surface area contributed by atoms with Gasteiger partial charge in [0, 0.05) is 5.69 Å². The fraction of sp³-hybridized carbons (Fsp3) is 0.214. The maximum Gasteiger partial charge on any atom is 0.239 e. The minimum atomic E-state index is -0.289. The second kappa shape index (κ2) is 5.56. The van der Waals surface area contributed by atoms with Gasteiger partial charge in [0.15, 0.2) is 0 Å². The zero-order valence-corrected chi connectivity index (χ0v) is 10.9. The number of nitrogens with zero attached hydrogens (tertiary/aromatic N) is 1. The molecule has 2 rings (SSSR count). The number of nitrogens with two attached hydrogens (primary N) is 1. The van der Waals surface area contributed by atoms with E-state index in [-0.39, 0.29) is 5.82 Å². The van der Waals surface area contributed by atoms with Gasteiger partial charge in [0.25, 0.3) is 0 Å². The lowest BCUT2D eigenvalue weighted by Crippen LogP contribution is -2.02. The van der Waals surface area contributed by atoms with Crippen LogP contribution in [0.5, 0.6) is 5.88 Å². The van der Waals surface area contributed by atoms with E-state index in [1.807, 2.05) is 19.9 Å². The van der Waals surface area contributed by atoms with Crippen molar-refractivity contribution < 1.29 is 9.13 Å². The van der Waals surface area contributed by atoms with Gasteiger partial charge in [-0.1, -0.05) is 0 Å². The van der Waals surface area contributed by atoms with Crippen molar-refractivity contribution in [3.63, 3.8) is 0 Å². The predicted octanol–water partition coefficient (Wildman–Crippen LogP) is 3.25. The Morgan fingerprint density at radius 1 is 1.32 bits per heavy atom. The Morgan fingerprint density at radius 2 is 2.11 bits per heavy atom. The highest BCUT2D eigenvalue weighted by atomic mass is 19.1. The minimum Gasteiger partial charge on any atom is -0.476 e. The Labute approximate surface area is 111 Å². The summed E-state index contributed by atoms with van der Waals surface area (Å²) in [6.07, 6.45) is 0. The second-order valence-corrected chi connectivity index (χ2v) is 4.17. The average Bonchev–Trinajstić information content (AvgIpc) is 2.32. The third-order valence-corrected chi connectivity index (χ3v) is 2.49. The molecule has 0 spiro atoms. The van der Waals surface area contributed by atoms with E-state index in [0.29, 0.717) is 29.7 Å². The lowest BCUT2D eigenvalue weighted by molar-refractivity contribution is 0.329. The smallest absolute Gasteiger partial charge is 0.239 e. The molecule has 0 unspecified atom stereocenters. The zero-order chi connectivity index (χ0) is 13.8. The van der Waals surface area contributed by atoms with E-state index in [1.165, 1.54) is 12.1 Å². The number of aromatic nitrogens is 1. The molecule has 0 atom stereocenters. The fourth-order valence-corrected chi connectivity index (χ4v) is 1.73. The molecule has 5 heteroatoms. The van der Waals surface area contributed by atoms with Crippen LogP contribution in [-0.4, -0.2) is 11.6 Å². The molecule has 1 heterocycles. The molecule has 19 heavy (non-hydrogen) atoms. The number of aryl methyl sites for hydroxylation is 1. The Bertz CT molecular complexity index is 567. The highest BCUT2D eigenvalue weighted by Crippen LogP contribution is 2.24. The van der Waals surface area contributed by atoms with Crippen molar-refractivity contribution in [2.24, 2.45) is 0 Å². The Hall–Kier alpha value is -2.30. The first-order valence-electron chi connectivity index (χ1n) is 6.02. The van der Waals surface area contributed by atoms with E-state index in [4.69, 9.17) is 10.5 Å². The van der Waals surface area contributed by atoms with Gasteiger partial charge in [-0.25, -0.2) is 4.39 Å². The molecule has 0 fully saturated rings. The molecule has 0 radical (unpaired) electrons. The third kappa shape index (κ3) is 3.34. The summed E-state index contributed by atoms with van der Waals surface area (Å²) in [5, 5.41) is 3.02. The van der Waals surface area contributed by atoms with E-state index < -0.39 is 0 Å². The molecule has 4 nitrogen and oxygen atoms in total. The first-order chi connectivity index (χ1) is 9.08. The molecular formula is C14H16FN3O. The van der Waals surface area contributed by atoms with Gasteiger partial charge >= 0.3 is 0 Å². The summed E-state index contributed by atoms with van der Waals surface area (Å²) in [7, 11) is 0. The molecule has 0 aliphatic rings. The van der Waals surface area contributed by atoms with Crippen LogP contribution in [0, 0.1) is 12.7 Å². The van der Waals surface area contributed by atoms with Crippen LogP contribution in [0.25, 0.3) is 0 Å². The minimum absolute atomic E-state index is 0.289. The standard InChI is InChI=1S/C14H16FN3O/c1-3-19-14-12(16)4-5-13(18-14)17-11-7-9(2)6-10(15)8-11/h4-8H,3,16H2,1-2H3,(H,17,18). The summed E-state index contributed by atoms with van der Waals surface area (Å²) in [5.74, 6) is 0.645. The van der Waals surface area contributed by atoms with E-state index in [0.717, 1.165) is 5.56 Å². The van der Waals surface area contributed by atoms with Gasteiger partial charge in [0.05, 0.1) is 12.3 Å². The first kappa shape index (κ1) is 13.1. The van der Waals surface area contributed by atoms with Crippen molar-refractivity contribution in [1.29, 1.82) is 0 Å². The van der Waals surface area contributed by atoms with Crippen molar-refractivity contribution >= 4 is 17.2 Å². The summed E-state index contributed by atoms with van der Waals surface area (Å²) in [6.45, 7) is 4.17. The number of nitrogen functional groups attached to an aromatic ring is 1. The summed E-state index contributed by atoms with van der Waals surface area (Å²) in [4.78, 5) is 4.24. The van der Waals surface area contributed by atoms with Gasteiger partial charge in [-0.2, -0.15) is 4.98 Å². The van der Waals surface area contributed by atoms with E-state index in [2.05, 4.69) is 10.3 Å². The number of nitrogens with one attached hydrogen (secondary N) is 1. The van der Waals surface area contributed by atoms with Crippen LogP contribution in [0.3, 0.4) is 0 Å². The van der Waals surface area contributed by atoms with E-state index in [1.54, 1.807) is 12.1 Å². The molecule has 0 saturated carbocycles. The topological polar surface area (TPSA) is 60.2 Å². The summed E-state index contributed by atoms with van der Waals surface area (Å²) in [5.41, 5.74) is 7.69. The number of halogens is 1. The Kier molecular flexibility index (Phi) is 3.85. The summed E-state index contributed by atoms with van der Waals surface area (Å²) < 4.78 is 18.6. The molecule has 0 saturated heterocycles. The normalized spacial score (nSPS) is 10.3. The number of rotatable bonds is 4. The Morgan fingerprint density at radius 3 is 2.79 bits per heavy atom. The summed E-state index contributed by atoms with van der Waals surface area (Å²) >= 11 is 0. The molecule has 0 amide bonds. The Balaban J connectivity index is 2.25. The van der Waals surface area contributed by atoms with E-state index >= 15 is 0 Å². The first-order valence-corrected chi connectivity index (χ1v) is 6.02. The van der Waals surface area contributed by atoms with Crippen LogP contribution in [0.1, 0.15) is 12.5 Å². The van der Waals surface area contributed by atoms with Gasteiger partial charge in [-0.05, 0) is 49.7 Å². The number of ether oxygens (including phenoxy) is 1. The van der Waals surface area contributed by atoms with Gasteiger partial charge in [0.1, 0.15) is 11.6 Å². The average molecular weight is 261 g/mol.